The summed E-state index contributed by atoms with van der Waals surface area (Å²) in [6, 6.07) is 13.0. The van der Waals surface area contributed by atoms with E-state index < -0.39 is 5.97 Å². The van der Waals surface area contributed by atoms with Crippen molar-refractivity contribution in [3.63, 3.8) is 0 Å². The third-order valence-electron chi connectivity index (χ3n) is 2.98. The van der Waals surface area contributed by atoms with Crippen molar-refractivity contribution in [3.8, 4) is 22.6 Å². The van der Waals surface area contributed by atoms with E-state index >= 15 is 0 Å². The number of methoxy groups -OCH3 is 2. The zero-order valence-electron chi connectivity index (χ0n) is 12.1. The molecule has 0 radical (unpaired) electrons. The number of benzene rings is 2. The highest BCUT2D eigenvalue weighted by Gasteiger charge is 2.24. The van der Waals surface area contributed by atoms with Gasteiger partial charge in [0.05, 0.1) is 21.3 Å². The third kappa shape index (κ3) is 2.98. The number of ether oxygens (including phenoxy) is 2. The summed E-state index contributed by atoms with van der Waals surface area (Å²) in [6.07, 6.45) is 0. The molecule has 0 N–H and O–H groups in total. The molecule has 2 aromatic carbocycles. The summed E-state index contributed by atoms with van der Waals surface area (Å²) in [5, 5.41) is 0. The van der Waals surface area contributed by atoms with E-state index in [4.69, 9.17) is 19.2 Å². The molecule has 0 heterocycles. The first kappa shape index (κ1) is 14.9. The lowest BCUT2D eigenvalue weighted by molar-refractivity contribution is -0.179. The highest BCUT2D eigenvalue weighted by Crippen LogP contribution is 2.38. The van der Waals surface area contributed by atoms with E-state index in [2.05, 4.69) is 0 Å². The highest BCUT2D eigenvalue weighted by atomic mass is 17.2. The number of carbonyl (C=O) groups excluding carboxylic acids is 1. The maximum atomic E-state index is 12.2. The zero-order chi connectivity index (χ0) is 15.2. The molecule has 0 amide bonds. The first-order chi connectivity index (χ1) is 10.2. The summed E-state index contributed by atoms with van der Waals surface area (Å²) in [5.41, 5.74) is 1.79. The Balaban J connectivity index is 2.70. The van der Waals surface area contributed by atoms with Crippen LogP contribution in [-0.4, -0.2) is 27.3 Å². The van der Waals surface area contributed by atoms with E-state index in [9.17, 15) is 4.79 Å². The fourth-order valence-electron chi connectivity index (χ4n) is 2.05. The summed E-state index contributed by atoms with van der Waals surface area (Å²) >= 11 is 0. The van der Waals surface area contributed by atoms with Crippen LogP contribution >= 0.6 is 0 Å². The Morgan fingerprint density at radius 3 is 2.24 bits per heavy atom. The molecule has 0 aliphatic rings. The number of rotatable bonds is 5. The molecule has 0 saturated carbocycles. The highest BCUT2D eigenvalue weighted by molar-refractivity contribution is 6.01. The lowest BCUT2D eigenvalue weighted by atomic mass is 9.98. The van der Waals surface area contributed by atoms with Crippen LogP contribution in [0.25, 0.3) is 11.1 Å². The van der Waals surface area contributed by atoms with Crippen LogP contribution in [0.3, 0.4) is 0 Å². The molecule has 5 nitrogen and oxygen atoms in total. The lowest BCUT2D eigenvalue weighted by Crippen LogP contribution is -2.09. The standard InChI is InChI=1S/C16H16O5/c1-18-13-10-9-12(11-7-5-4-6-8-11)14(16(17)19-2)15(13)21-20-3/h4-10H,1-3H3. The molecular formula is C16H16O5. The van der Waals surface area contributed by atoms with Crippen LogP contribution in [0.1, 0.15) is 10.4 Å². The summed E-state index contributed by atoms with van der Waals surface area (Å²) < 4.78 is 10.1. The van der Waals surface area contributed by atoms with Crippen LogP contribution in [0, 0.1) is 0 Å². The van der Waals surface area contributed by atoms with Gasteiger partial charge in [0.15, 0.2) is 5.75 Å². The molecule has 110 valence electrons. The molecule has 0 fully saturated rings. The SMILES string of the molecule is COOc1c(OC)ccc(-c2ccccc2)c1C(=O)OC. The molecule has 0 bridgehead atoms. The van der Waals surface area contributed by atoms with Crippen molar-refractivity contribution in [1.29, 1.82) is 0 Å². The molecule has 21 heavy (non-hydrogen) atoms. The lowest BCUT2D eigenvalue weighted by Gasteiger charge is -2.15. The van der Waals surface area contributed by atoms with E-state index in [0.717, 1.165) is 5.56 Å². The van der Waals surface area contributed by atoms with Crippen molar-refractivity contribution in [1.82, 2.24) is 0 Å². The molecule has 0 spiro atoms. The van der Waals surface area contributed by atoms with E-state index in [0.29, 0.717) is 11.3 Å². The maximum absolute atomic E-state index is 12.2. The van der Waals surface area contributed by atoms with Gasteiger partial charge in [-0.05, 0) is 17.7 Å². The Hall–Kier alpha value is -2.53. The van der Waals surface area contributed by atoms with Crippen molar-refractivity contribution < 1.29 is 24.0 Å². The van der Waals surface area contributed by atoms with E-state index in [1.54, 1.807) is 12.1 Å². The maximum Gasteiger partial charge on any atom is 0.342 e. The van der Waals surface area contributed by atoms with Gasteiger partial charge in [0.2, 0.25) is 5.75 Å². The molecular weight excluding hydrogens is 272 g/mol. The smallest absolute Gasteiger partial charge is 0.342 e. The number of esters is 1. The van der Waals surface area contributed by atoms with Gasteiger partial charge < -0.3 is 14.4 Å². The van der Waals surface area contributed by atoms with E-state index in [1.165, 1.54) is 21.3 Å². The van der Waals surface area contributed by atoms with Gasteiger partial charge in [-0.1, -0.05) is 30.3 Å². The van der Waals surface area contributed by atoms with Gasteiger partial charge in [-0.2, -0.15) is 4.89 Å². The first-order valence-electron chi connectivity index (χ1n) is 6.28. The van der Waals surface area contributed by atoms with Crippen LogP contribution in [0.2, 0.25) is 0 Å². The Morgan fingerprint density at radius 1 is 0.952 bits per heavy atom. The van der Waals surface area contributed by atoms with Gasteiger partial charge in [-0.25, -0.2) is 4.79 Å². The summed E-state index contributed by atoms with van der Waals surface area (Å²) in [4.78, 5) is 22.0. The van der Waals surface area contributed by atoms with Crippen molar-refractivity contribution in [2.75, 3.05) is 21.3 Å². The monoisotopic (exact) mass is 288 g/mol. The predicted octanol–water partition coefficient (Wildman–Crippen LogP) is 3.09. The minimum atomic E-state index is -0.528. The summed E-state index contributed by atoms with van der Waals surface area (Å²) in [7, 11) is 4.16. The first-order valence-corrected chi connectivity index (χ1v) is 6.28. The quantitative estimate of drug-likeness (QED) is 0.481. The van der Waals surface area contributed by atoms with Gasteiger partial charge >= 0.3 is 5.97 Å². The third-order valence-corrected chi connectivity index (χ3v) is 2.98. The minimum Gasteiger partial charge on any atom is -0.493 e. The Labute approximate surface area is 122 Å². The molecule has 0 atom stereocenters. The topological polar surface area (TPSA) is 54.0 Å². The minimum absolute atomic E-state index is 0.188. The van der Waals surface area contributed by atoms with Gasteiger partial charge in [0.25, 0.3) is 0 Å². The second-order valence-corrected chi connectivity index (χ2v) is 4.13. The number of hydrogen-bond acceptors (Lipinski definition) is 5. The second-order valence-electron chi connectivity index (χ2n) is 4.13. The molecule has 0 aromatic heterocycles. The Morgan fingerprint density at radius 2 is 1.67 bits per heavy atom. The van der Waals surface area contributed by atoms with Crippen LogP contribution in [0.5, 0.6) is 11.5 Å². The second kappa shape index (κ2) is 6.76. The summed E-state index contributed by atoms with van der Waals surface area (Å²) in [6.45, 7) is 0. The van der Waals surface area contributed by atoms with Gasteiger partial charge in [0, 0.05) is 5.56 Å². The van der Waals surface area contributed by atoms with Gasteiger partial charge in [0.1, 0.15) is 5.56 Å². The zero-order valence-corrected chi connectivity index (χ0v) is 12.1. The molecule has 5 heteroatoms. The van der Waals surface area contributed by atoms with E-state index in [1.807, 2.05) is 30.3 Å². The normalized spacial score (nSPS) is 10.0. The van der Waals surface area contributed by atoms with Crippen molar-refractivity contribution in [3.05, 3.63) is 48.0 Å². The molecule has 0 aliphatic heterocycles. The molecule has 0 aliphatic carbocycles. The molecule has 2 aromatic rings. The molecule has 2 rings (SSSR count). The van der Waals surface area contributed by atoms with Crippen LogP contribution in [0.4, 0.5) is 0 Å². The Kier molecular flexibility index (Phi) is 4.79. The Bertz CT molecular complexity index is 622. The molecule has 0 unspecified atom stereocenters. The number of hydrogen-bond donors (Lipinski definition) is 0. The average molecular weight is 288 g/mol. The van der Waals surface area contributed by atoms with Crippen molar-refractivity contribution >= 4 is 5.97 Å². The van der Waals surface area contributed by atoms with Crippen LogP contribution in [-0.2, 0) is 9.62 Å². The van der Waals surface area contributed by atoms with Gasteiger partial charge in [-0.15, -0.1) is 0 Å². The number of carbonyl (C=O) groups is 1. The fourth-order valence-corrected chi connectivity index (χ4v) is 2.05. The van der Waals surface area contributed by atoms with Crippen LogP contribution in [0.15, 0.2) is 42.5 Å². The van der Waals surface area contributed by atoms with Crippen molar-refractivity contribution in [2.24, 2.45) is 0 Å². The largest absolute Gasteiger partial charge is 0.493 e. The van der Waals surface area contributed by atoms with E-state index in [-0.39, 0.29) is 11.3 Å². The predicted molar refractivity (Wildman–Crippen MR) is 77.4 cm³/mol. The average Bonchev–Trinajstić information content (AvgIpc) is 2.54. The molecule has 0 saturated heterocycles. The van der Waals surface area contributed by atoms with Crippen LogP contribution < -0.4 is 9.62 Å². The van der Waals surface area contributed by atoms with Crippen molar-refractivity contribution in [2.45, 2.75) is 0 Å². The van der Waals surface area contributed by atoms with Gasteiger partial charge in [-0.3, -0.25) is 0 Å². The summed E-state index contributed by atoms with van der Waals surface area (Å²) in [5.74, 6) is 0.0462. The fraction of sp³-hybridized carbons (Fsp3) is 0.188.